The molecule has 0 aliphatic rings. The number of aromatic nitrogens is 1. The number of carbonyl (C=O) groups excluding carboxylic acids is 1. The number of aromatic carboxylic acids is 1. The number of pyridine rings is 1. The van der Waals surface area contributed by atoms with Crippen molar-refractivity contribution >= 4 is 27.8 Å². The number of alkyl halides is 3. The van der Waals surface area contributed by atoms with E-state index in [1.54, 1.807) is 24.3 Å². The molecule has 0 unspecified atom stereocenters. The molecule has 2 atom stereocenters. The quantitative estimate of drug-likeness (QED) is 0.705. The van der Waals surface area contributed by atoms with E-state index in [0.29, 0.717) is 5.56 Å². The number of carboxylic acids is 1. The number of halogens is 4. The van der Waals surface area contributed by atoms with Crippen LogP contribution in [0.1, 0.15) is 29.1 Å². The Balaban J connectivity index is 2.27. The predicted octanol–water partition coefficient (Wildman–Crippen LogP) is 3.73. The molecule has 0 bridgehead atoms. The molecule has 144 valence electrons. The normalized spacial score (nSPS) is 13.5. The third-order valence-electron chi connectivity index (χ3n) is 3.49. The summed E-state index contributed by atoms with van der Waals surface area (Å²) in [6.07, 6.45) is -4.85. The average molecular weight is 447 g/mol. The van der Waals surface area contributed by atoms with Gasteiger partial charge in [-0.3, -0.25) is 4.79 Å². The van der Waals surface area contributed by atoms with Crippen molar-refractivity contribution in [1.29, 1.82) is 0 Å². The lowest BCUT2D eigenvalue weighted by Gasteiger charge is -2.26. The summed E-state index contributed by atoms with van der Waals surface area (Å²) in [5, 5.41) is 10.7. The summed E-state index contributed by atoms with van der Waals surface area (Å²) in [4.78, 5) is 25.8. The van der Waals surface area contributed by atoms with Crippen molar-refractivity contribution in [3.63, 3.8) is 0 Å². The predicted molar refractivity (Wildman–Crippen MR) is 92.4 cm³/mol. The van der Waals surface area contributed by atoms with Gasteiger partial charge in [-0.05, 0) is 36.8 Å². The molecule has 6 nitrogen and oxygen atoms in total. The molecule has 1 heterocycles. The van der Waals surface area contributed by atoms with E-state index < -0.39 is 30.2 Å². The van der Waals surface area contributed by atoms with E-state index in [-0.39, 0.29) is 11.4 Å². The minimum atomic E-state index is -5.02. The first-order valence-corrected chi connectivity index (χ1v) is 8.36. The van der Waals surface area contributed by atoms with Crippen LogP contribution in [-0.4, -0.2) is 34.2 Å². The van der Waals surface area contributed by atoms with E-state index in [9.17, 15) is 22.8 Å². The molecule has 1 aromatic heterocycles. The number of carboxylic acid groups (broad SMARTS) is 1. The van der Waals surface area contributed by atoms with Crippen LogP contribution in [0.5, 0.6) is 5.75 Å². The number of nitrogens with zero attached hydrogens (tertiary/aromatic N) is 1. The van der Waals surface area contributed by atoms with Crippen molar-refractivity contribution in [2.24, 2.45) is 0 Å². The Morgan fingerprint density at radius 1 is 1.19 bits per heavy atom. The standard InChI is InChI=1S/C17H14BrF3N2O4/c1-9(23-16(26)17(19,20)21)14(10-2-4-11(18)5-3-10)27-12-6-7-13(15(24)25)22-8-12/h2-9,14H,1H3,(H,23,26)(H,24,25)/t9-,14-/m0/s1. The second kappa shape index (κ2) is 8.38. The number of rotatable bonds is 6. The highest BCUT2D eigenvalue weighted by atomic mass is 79.9. The van der Waals surface area contributed by atoms with Gasteiger partial charge in [0.15, 0.2) is 0 Å². The summed E-state index contributed by atoms with van der Waals surface area (Å²) in [5.74, 6) is -3.17. The topological polar surface area (TPSA) is 88.5 Å². The van der Waals surface area contributed by atoms with Crippen molar-refractivity contribution in [3.8, 4) is 5.75 Å². The second-order valence-corrected chi connectivity index (χ2v) is 6.45. The first-order valence-electron chi connectivity index (χ1n) is 7.57. The highest BCUT2D eigenvalue weighted by molar-refractivity contribution is 9.10. The minimum absolute atomic E-state index is 0.140. The number of hydrogen-bond acceptors (Lipinski definition) is 4. The van der Waals surface area contributed by atoms with Crippen LogP contribution in [0.15, 0.2) is 47.1 Å². The highest BCUT2D eigenvalue weighted by Gasteiger charge is 2.40. The Bertz CT molecular complexity index is 810. The first-order chi connectivity index (χ1) is 12.6. The van der Waals surface area contributed by atoms with Crippen molar-refractivity contribution < 1.29 is 32.6 Å². The van der Waals surface area contributed by atoms with Gasteiger partial charge < -0.3 is 15.2 Å². The monoisotopic (exact) mass is 446 g/mol. The molecular formula is C17H14BrF3N2O4. The molecule has 0 aliphatic carbocycles. The van der Waals surface area contributed by atoms with E-state index in [0.717, 1.165) is 10.7 Å². The zero-order chi connectivity index (χ0) is 20.2. The maximum absolute atomic E-state index is 12.6. The molecule has 0 saturated carbocycles. The van der Waals surface area contributed by atoms with Gasteiger partial charge in [0.05, 0.1) is 12.2 Å². The van der Waals surface area contributed by atoms with E-state index in [4.69, 9.17) is 9.84 Å². The van der Waals surface area contributed by atoms with Crippen LogP contribution in [0.25, 0.3) is 0 Å². The zero-order valence-corrected chi connectivity index (χ0v) is 15.4. The van der Waals surface area contributed by atoms with Gasteiger partial charge in [-0.1, -0.05) is 28.1 Å². The fourth-order valence-electron chi connectivity index (χ4n) is 2.20. The van der Waals surface area contributed by atoms with Crippen LogP contribution in [0.3, 0.4) is 0 Å². The Kier molecular flexibility index (Phi) is 6.42. The fraction of sp³-hybridized carbons (Fsp3) is 0.235. The Morgan fingerprint density at radius 3 is 2.30 bits per heavy atom. The molecule has 1 aromatic carbocycles. The number of carbonyl (C=O) groups is 2. The van der Waals surface area contributed by atoms with Crippen molar-refractivity contribution in [2.45, 2.75) is 25.2 Å². The van der Waals surface area contributed by atoms with E-state index in [1.807, 2.05) is 5.32 Å². The fourth-order valence-corrected chi connectivity index (χ4v) is 2.46. The molecule has 0 spiro atoms. The third kappa shape index (κ3) is 5.68. The smallest absolute Gasteiger partial charge is 0.471 e. The van der Waals surface area contributed by atoms with Crippen molar-refractivity contribution in [3.05, 3.63) is 58.3 Å². The number of ether oxygens (including phenoxy) is 1. The lowest BCUT2D eigenvalue weighted by Crippen LogP contribution is -2.45. The molecule has 0 radical (unpaired) electrons. The summed E-state index contributed by atoms with van der Waals surface area (Å²) >= 11 is 3.26. The van der Waals surface area contributed by atoms with Gasteiger partial charge in [-0.25, -0.2) is 9.78 Å². The van der Waals surface area contributed by atoms with E-state index >= 15 is 0 Å². The van der Waals surface area contributed by atoms with Crippen molar-refractivity contribution in [1.82, 2.24) is 10.3 Å². The van der Waals surface area contributed by atoms with Crippen LogP contribution in [-0.2, 0) is 4.79 Å². The van der Waals surface area contributed by atoms with Gasteiger partial charge in [0, 0.05) is 4.47 Å². The van der Waals surface area contributed by atoms with Crippen molar-refractivity contribution in [2.75, 3.05) is 0 Å². The SMILES string of the molecule is C[C@H](NC(=O)C(F)(F)F)[C@H](Oc1ccc(C(=O)O)nc1)c1ccc(Br)cc1. The molecule has 10 heteroatoms. The van der Waals surface area contributed by atoms with Crippen LogP contribution in [0.2, 0.25) is 0 Å². The molecule has 27 heavy (non-hydrogen) atoms. The summed E-state index contributed by atoms with van der Waals surface area (Å²) in [7, 11) is 0. The van der Waals surface area contributed by atoms with Gasteiger partial charge in [0.2, 0.25) is 0 Å². The minimum Gasteiger partial charge on any atom is -0.482 e. The molecule has 0 aliphatic heterocycles. The number of benzene rings is 1. The van der Waals surface area contributed by atoms with E-state index in [2.05, 4.69) is 20.9 Å². The number of hydrogen-bond donors (Lipinski definition) is 2. The van der Waals surface area contributed by atoms with Crippen LogP contribution < -0.4 is 10.1 Å². The van der Waals surface area contributed by atoms with E-state index in [1.165, 1.54) is 19.1 Å². The van der Waals surface area contributed by atoms with Crippen LogP contribution >= 0.6 is 15.9 Å². The number of amides is 1. The molecule has 0 saturated heterocycles. The van der Waals surface area contributed by atoms with Crippen LogP contribution in [0, 0.1) is 0 Å². The maximum Gasteiger partial charge on any atom is 0.471 e. The largest absolute Gasteiger partial charge is 0.482 e. The summed E-state index contributed by atoms with van der Waals surface area (Å²) < 4.78 is 44.1. The lowest BCUT2D eigenvalue weighted by atomic mass is 10.0. The summed E-state index contributed by atoms with van der Waals surface area (Å²) in [6.45, 7) is 1.37. The average Bonchev–Trinajstić information content (AvgIpc) is 2.60. The molecule has 2 rings (SSSR count). The Hall–Kier alpha value is -2.62. The second-order valence-electron chi connectivity index (χ2n) is 5.53. The summed E-state index contributed by atoms with van der Waals surface area (Å²) in [6, 6.07) is 8.11. The van der Waals surface area contributed by atoms with Gasteiger partial charge in [0.1, 0.15) is 17.5 Å². The van der Waals surface area contributed by atoms with Gasteiger partial charge in [0.25, 0.3) is 0 Å². The lowest BCUT2D eigenvalue weighted by molar-refractivity contribution is -0.174. The third-order valence-corrected chi connectivity index (χ3v) is 4.02. The van der Waals surface area contributed by atoms with Gasteiger partial charge in [-0.15, -0.1) is 0 Å². The molecular weight excluding hydrogens is 433 g/mol. The first kappa shape index (κ1) is 20.7. The van der Waals surface area contributed by atoms with Gasteiger partial charge in [-0.2, -0.15) is 13.2 Å². The van der Waals surface area contributed by atoms with Gasteiger partial charge >= 0.3 is 18.1 Å². The molecule has 2 N–H and O–H groups in total. The highest BCUT2D eigenvalue weighted by Crippen LogP contribution is 2.27. The zero-order valence-electron chi connectivity index (χ0n) is 13.8. The molecule has 2 aromatic rings. The molecule has 0 fully saturated rings. The number of nitrogens with one attached hydrogen (secondary N) is 1. The summed E-state index contributed by atoms with van der Waals surface area (Å²) in [5.41, 5.74) is 0.302. The Labute approximate surface area is 160 Å². The Morgan fingerprint density at radius 2 is 1.81 bits per heavy atom. The maximum atomic E-state index is 12.6. The molecule has 1 amide bonds. The van der Waals surface area contributed by atoms with Crippen LogP contribution in [0.4, 0.5) is 13.2 Å².